The fraction of sp³-hybridized carbons (Fsp3) is 0.478. The third kappa shape index (κ3) is 6.97. The minimum absolute atomic E-state index is 0.0404. The number of carbonyl (C=O) groups is 2. The van der Waals surface area contributed by atoms with Crippen LogP contribution in [0.4, 0.5) is 0 Å². The number of rotatable bonds is 11. The van der Waals surface area contributed by atoms with Gasteiger partial charge in [-0.05, 0) is 44.5 Å². The fourth-order valence-electron chi connectivity index (χ4n) is 3.05. The standard InChI is InChI=1S/C23H33N3O3/c1-5-6-15-25(16-20-11-10-14-24(20)4)22(27)17-26(19(2)3)23(28)18-29-21-12-8-7-9-13-21/h7-14,19H,5-6,15-18H2,1-4H3. The van der Waals surface area contributed by atoms with Crippen molar-refractivity contribution in [1.82, 2.24) is 14.4 Å². The lowest BCUT2D eigenvalue weighted by atomic mass is 10.2. The summed E-state index contributed by atoms with van der Waals surface area (Å²) in [5.74, 6) is 0.414. The molecule has 6 heteroatoms. The molecule has 0 atom stereocenters. The van der Waals surface area contributed by atoms with Crippen LogP contribution in [0.5, 0.6) is 5.75 Å². The van der Waals surface area contributed by atoms with E-state index in [0.717, 1.165) is 18.5 Å². The molecule has 6 nitrogen and oxygen atoms in total. The molecule has 0 radical (unpaired) electrons. The highest BCUT2D eigenvalue weighted by molar-refractivity contribution is 5.85. The van der Waals surface area contributed by atoms with Crippen molar-refractivity contribution in [3.8, 4) is 5.75 Å². The Hall–Kier alpha value is -2.76. The maximum absolute atomic E-state index is 13.1. The number of aromatic nitrogens is 1. The first kappa shape index (κ1) is 22.5. The molecule has 0 bridgehead atoms. The van der Waals surface area contributed by atoms with E-state index in [1.54, 1.807) is 4.90 Å². The van der Waals surface area contributed by atoms with Crippen molar-refractivity contribution in [3.63, 3.8) is 0 Å². The van der Waals surface area contributed by atoms with Gasteiger partial charge in [0.1, 0.15) is 12.3 Å². The smallest absolute Gasteiger partial charge is 0.261 e. The van der Waals surface area contributed by atoms with Gasteiger partial charge in [0.05, 0.1) is 6.54 Å². The summed E-state index contributed by atoms with van der Waals surface area (Å²) in [7, 11) is 1.97. The average molecular weight is 400 g/mol. The van der Waals surface area contributed by atoms with Crippen molar-refractivity contribution in [2.75, 3.05) is 19.7 Å². The maximum atomic E-state index is 13.1. The van der Waals surface area contributed by atoms with Crippen LogP contribution >= 0.6 is 0 Å². The summed E-state index contributed by atoms with van der Waals surface area (Å²) in [5.41, 5.74) is 1.07. The Kier molecular flexibility index (Phi) is 8.77. The summed E-state index contributed by atoms with van der Waals surface area (Å²) in [5, 5.41) is 0. The molecule has 0 aliphatic rings. The van der Waals surface area contributed by atoms with Gasteiger partial charge in [0.25, 0.3) is 5.91 Å². The van der Waals surface area contributed by atoms with Crippen LogP contribution < -0.4 is 4.74 Å². The number of carbonyl (C=O) groups excluding carboxylic acids is 2. The van der Waals surface area contributed by atoms with Crippen LogP contribution in [0.3, 0.4) is 0 Å². The Morgan fingerprint density at radius 2 is 1.79 bits per heavy atom. The molecule has 2 amide bonds. The zero-order valence-corrected chi connectivity index (χ0v) is 18.0. The van der Waals surface area contributed by atoms with Crippen molar-refractivity contribution in [2.24, 2.45) is 7.05 Å². The molecular formula is C23H33N3O3. The zero-order chi connectivity index (χ0) is 21.2. The molecule has 2 aromatic rings. The lowest BCUT2D eigenvalue weighted by Gasteiger charge is -2.30. The van der Waals surface area contributed by atoms with E-state index in [0.29, 0.717) is 18.8 Å². The van der Waals surface area contributed by atoms with E-state index in [1.807, 2.05) is 79.0 Å². The van der Waals surface area contributed by atoms with Crippen molar-refractivity contribution in [1.29, 1.82) is 0 Å². The van der Waals surface area contributed by atoms with Crippen molar-refractivity contribution >= 4 is 11.8 Å². The second-order valence-electron chi connectivity index (χ2n) is 7.50. The van der Waals surface area contributed by atoms with Crippen LogP contribution in [0.25, 0.3) is 0 Å². The predicted octanol–water partition coefficient (Wildman–Crippen LogP) is 3.47. The van der Waals surface area contributed by atoms with Crippen LogP contribution in [0.15, 0.2) is 48.7 Å². The third-order valence-corrected chi connectivity index (χ3v) is 4.89. The van der Waals surface area contributed by atoms with Crippen molar-refractivity contribution in [2.45, 2.75) is 46.2 Å². The molecule has 0 fully saturated rings. The summed E-state index contributed by atoms with van der Waals surface area (Å²) < 4.78 is 7.61. The first-order valence-corrected chi connectivity index (χ1v) is 10.3. The number of nitrogens with zero attached hydrogens (tertiary/aromatic N) is 3. The van der Waals surface area contributed by atoms with E-state index in [9.17, 15) is 9.59 Å². The van der Waals surface area contributed by atoms with Gasteiger partial charge in [-0.2, -0.15) is 0 Å². The van der Waals surface area contributed by atoms with Gasteiger partial charge in [0.15, 0.2) is 6.61 Å². The summed E-state index contributed by atoms with van der Waals surface area (Å²) >= 11 is 0. The summed E-state index contributed by atoms with van der Waals surface area (Å²) in [6.45, 7) is 7.15. The second-order valence-corrected chi connectivity index (χ2v) is 7.50. The number of benzene rings is 1. The number of hydrogen-bond acceptors (Lipinski definition) is 3. The number of hydrogen-bond donors (Lipinski definition) is 0. The van der Waals surface area contributed by atoms with Crippen LogP contribution in [0, 0.1) is 0 Å². The SMILES string of the molecule is CCCCN(Cc1cccn1C)C(=O)CN(C(=O)COc1ccccc1)C(C)C. The highest BCUT2D eigenvalue weighted by Gasteiger charge is 2.24. The normalized spacial score (nSPS) is 10.8. The maximum Gasteiger partial charge on any atom is 0.261 e. The second kappa shape index (κ2) is 11.3. The lowest BCUT2D eigenvalue weighted by molar-refractivity contribution is -0.143. The molecule has 0 aliphatic heterocycles. The monoisotopic (exact) mass is 399 g/mol. The average Bonchev–Trinajstić information content (AvgIpc) is 3.12. The van der Waals surface area contributed by atoms with Crippen LogP contribution in [0.1, 0.15) is 39.3 Å². The van der Waals surface area contributed by atoms with E-state index in [4.69, 9.17) is 4.74 Å². The van der Waals surface area contributed by atoms with Gasteiger partial charge in [-0.25, -0.2) is 0 Å². The molecule has 2 rings (SSSR count). The zero-order valence-electron chi connectivity index (χ0n) is 18.0. The summed E-state index contributed by atoms with van der Waals surface area (Å²) in [6, 6.07) is 13.1. The summed E-state index contributed by atoms with van der Waals surface area (Å²) in [4.78, 5) is 29.2. The molecule has 0 saturated heterocycles. The van der Waals surface area contributed by atoms with Crippen LogP contribution in [0.2, 0.25) is 0 Å². The van der Waals surface area contributed by atoms with Gasteiger partial charge in [-0.3, -0.25) is 9.59 Å². The van der Waals surface area contributed by atoms with E-state index in [-0.39, 0.29) is 31.0 Å². The molecule has 158 valence electrons. The van der Waals surface area contributed by atoms with Crippen LogP contribution in [-0.4, -0.2) is 51.9 Å². The van der Waals surface area contributed by atoms with Crippen LogP contribution in [-0.2, 0) is 23.2 Å². The highest BCUT2D eigenvalue weighted by Crippen LogP contribution is 2.11. The molecular weight excluding hydrogens is 366 g/mol. The van der Waals surface area contributed by atoms with Crippen molar-refractivity contribution < 1.29 is 14.3 Å². The third-order valence-electron chi connectivity index (χ3n) is 4.89. The van der Waals surface area contributed by atoms with Gasteiger partial charge in [0, 0.05) is 31.5 Å². The molecule has 0 saturated carbocycles. The van der Waals surface area contributed by atoms with Gasteiger partial charge in [0.2, 0.25) is 5.91 Å². The Labute approximate surface area is 174 Å². The quantitative estimate of drug-likeness (QED) is 0.581. The van der Waals surface area contributed by atoms with Gasteiger partial charge in [-0.1, -0.05) is 31.5 Å². The molecule has 0 aliphatic carbocycles. The Morgan fingerprint density at radius 1 is 1.07 bits per heavy atom. The van der Waals surface area contributed by atoms with E-state index in [1.165, 1.54) is 0 Å². The number of aryl methyl sites for hydroxylation is 1. The molecule has 1 heterocycles. The number of amides is 2. The molecule has 0 unspecified atom stereocenters. The lowest BCUT2D eigenvalue weighted by Crippen LogP contribution is -2.47. The Bertz CT molecular complexity index is 771. The van der Waals surface area contributed by atoms with Gasteiger partial charge in [-0.15, -0.1) is 0 Å². The van der Waals surface area contributed by atoms with Crippen molar-refractivity contribution in [3.05, 3.63) is 54.4 Å². The Morgan fingerprint density at radius 3 is 2.38 bits per heavy atom. The molecule has 0 spiro atoms. The van der Waals surface area contributed by atoms with Gasteiger partial charge >= 0.3 is 0 Å². The molecule has 29 heavy (non-hydrogen) atoms. The predicted molar refractivity (Wildman–Crippen MR) is 115 cm³/mol. The fourth-order valence-corrected chi connectivity index (χ4v) is 3.05. The van der Waals surface area contributed by atoms with E-state index >= 15 is 0 Å². The van der Waals surface area contributed by atoms with E-state index in [2.05, 4.69) is 6.92 Å². The van der Waals surface area contributed by atoms with Gasteiger partial charge < -0.3 is 19.1 Å². The highest BCUT2D eigenvalue weighted by atomic mass is 16.5. The first-order chi connectivity index (χ1) is 13.9. The molecule has 1 aromatic heterocycles. The molecule has 1 aromatic carbocycles. The topological polar surface area (TPSA) is 54.8 Å². The van der Waals surface area contributed by atoms with E-state index < -0.39 is 0 Å². The summed E-state index contributed by atoms with van der Waals surface area (Å²) in [6.07, 6.45) is 3.92. The largest absolute Gasteiger partial charge is 0.484 e. The minimum atomic E-state index is -0.188. The number of para-hydroxylation sites is 1. The number of ether oxygens (including phenoxy) is 1. The minimum Gasteiger partial charge on any atom is -0.484 e. The Balaban J connectivity index is 2.02. The number of unbranched alkanes of at least 4 members (excludes halogenated alkanes) is 1. The first-order valence-electron chi connectivity index (χ1n) is 10.3. The molecule has 0 N–H and O–H groups in total.